The first-order valence-corrected chi connectivity index (χ1v) is 6.94. The molecule has 0 fully saturated rings. The Labute approximate surface area is 138 Å². The van der Waals surface area contributed by atoms with Crippen molar-refractivity contribution in [2.75, 3.05) is 5.32 Å². The van der Waals surface area contributed by atoms with Gasteiger partial charge in [0.15, 0.2) is 0 Å². The molecule has 2 amide bonds. The lowest BCUT2D eigenvalue weighted by atomic mass is 10.0. The number of alkyl halides is 6. The van der Waals surface area contributed by atoms with E-state index in [1.165, 1.54) is 12.1 Å². The number of aryl methyl sites for hydroxylation is 1. The normalized spacial score (nSPS) is 13.0. The zero-order valence-corrected chi connectivity index (χ0v) is 13.0. The first kappa shape index (κ1) is 18.8. The van der Waals surface area contributed by atoms with E-state index in [2.05, 4.69) is 4.98 Å². The first-order valence-electron chi connectivity index (χ1n) is 6.94. The molecule has 1 aromatic heterocycles. The summed E-state index contributed by atoms with van der Waals surface area (Å²) in [4.78, 5) is 16.0. The van der Waals surface area contributed by atoms with Crippen molar-refractivity contribution in [2.24, 2.45) is 0 Å². The maximum absolute atomic E-state index is 12.8. The van der Waals surface area contributed by atoms with Gasteiger partial charge in [-0.15, -0.1) is 0 Å². The Hall–Kier alpha value is -2.52. The second kappa shape index (κ2) is 6.08. The SMILES string of the molecule is Cc1ccc2c(NC(=O)NC(C)(C(F)(F)F)C(F)(F)F)cccc2n1. The minimum absolute atomic E-state index is 0.0363. The Morgan fingerprint density at radius 3 is 2.16 bits per heavy atom. The highest BCUT2D eigenvalue weighted by molar-refractivity contribution is 6.00. The van der Waals surface area contributed by atoms with Gasteiger partial charge in [-0.05, 0) is 38.1 Å². The number of aromatic nitrogens is 1. The van der Waals surface area contributed by atoms with Crippen molar-refractivity contribution in [3.63, 3.8) is 0 Å². The lowest BCUT2D eigenvalue weighted by Crippen LogP contribution is -2.66. The molecular formula is C15H13F6N3O. The number of halogens is 6. The van der Waals surface area contributed by atoms with Crippen LogP contribution in [0.4, 0.5) is 36.8 Å². The van der Waals surface area contributed by atoms with Gasteiger partial charge in [-0.25, -0.2) is 4.79 Å². The molecule has 25 heavy (non-hydrogen) atoms. The molecule has 0 aliphatic rings. The summed E-state index contributed by atoms with van der Waals surface area (Å²) >= 11 is 0. The zero-order valence-electron chi connectivity index (χ0n) is 13.0. The molecule has 0 aliphatic carbocycles. The van der Waals surface area contributed by atoms with Crippen LogP contribution in [0.3, 0.4) is 0 Å². The fourth-order valence-corrected chi connectivity index (χ4v) is 2.05. The second-order valence-corrected chi connectivity index (χ2v) is 5.52. The van der Waals surface area contributed by atoms with Crippen LogP contribution in [0.5, 0.6) is 0 Å². The molecule has 0 saturated heterocycles. The number of fused-ring (bicyclic) bond motifs is 1. The number of rotatable bonds is 2. The average molecular weight is 365 g/mol. The van der Waals surface area contributed by atoms with Crippen LogP contribution < -0.4 is 10.6 Å². The van der Waals surface area contributed by atoms with Crippen molar-refractivity contribution in [1.82, 2.24) is 10.3 Å². The van der Waals surface area contributed by atoms with Crippen LogP contribution in [0.1, 0.15) is 12.6 Å². The summed E-state index contributed by atoms with van der Waals surface area (Å²) in [5, 5.41) is 3.37. The van der Waals surface area contributed by atoms with Gasteiger partial charge in [-0.3, -0.25) is 4.98 Å². The summed E-state index contributed by atoms with van der Waals surface area (Å²) in [6, 6.07) is 5.93. The molecule has 0 radical (unpaired) electrons. The third-order valence-electron chi connectivity index (χ3n) is 3.62. The highest BCUT2D eigenvalue weighted by Crippen LogP contribution is 2.42. The van der Waals surface area contributed by atoms with E-state index >= 15 is 0 Å². The molecule has 2 N–H and O–H groups in total. The predicted molar refractivity (Wildman–Crippen MR) is 79.1 cm³/mol. The van der Waals surface area contributed by atoms with E-state index in [-0.39, 0.29) is 12.6 Å². The molecule has 2 rings (SSSR count). The number of benzene rings is 1. The molecule has 136 valence electrons. The van der Waals surface area contributed by atoms with E-state index < -0.39 is 23.9 Å². The van der Waals surface area contributed by atoms with Crippen LogP contribution in [0.25, 0.3) is 10.9 Å². The first-order chi connectivity index (χ1) is 11.3. The largest absolute Gasteiger partial charge is 0.420 e. The predicted octanol–water partition coefficient (Wildman–Crippen LogP) is 4.55. The number of carbonyl (C=O) groups excluding carboxylic acids is 1. The Morgan fingerprint density at radius 2 is 1.60 bits per heavy atom. The molecule has 1 heterocycles. The Balaban J connectivity index is 2.31. The summed E-state index contributed by atoms with van der Waals surface area (Å²) in [6.45, 7) is 1.57. The molecule has 0 atom stereocenters. The van der Waals surface area contributed by atoms with E-state index in [1.807, 2.05) is 5.32 Å². The van der Waals surface area contributed by atoms with E-state index in [0.29, 0.717) is 16.6 Å². The van der Waals surface area contributed by atoms with Crippen molar-refractivity contribution in [3.05, 3.63) is 36.0 Å². The van der Waals surface area contributed by atoms with Crippen LogP contribution >= 0.6 is 0 Å². The van der Waals surface area contributed by atoms with Gasteiger partial charge in [0.05, 0.1) is 11.2 Å². The number of nitrogens with zero attached hydrogens (tertiary/aromatic N) is 1. The number of amides is 2. The minimum Gasteiger partial charge on any atom is -0.316 e. The average Bonchev–Trinajstić information content (AvgIpc) is 2.44. The van der Waals surface area contributed by atoms with Crippen molar-refractivity contribution in [1.29, 1.82) is 0 Å². The van der Waals surface area contributed by atoms with Crippen LogP contribution in [0, 0.1) is 6.92 Å². The monoisotopic (exact) mass is 365 g/mol. The molecule has 1 aromatic carbocycles. The van der Waals surface area contributed by atoms with E-state index in [4.69, 9.17) is 0 Å². The fraction of sp³-hybridized carbons (Fsp3) is 0.333. The Bertz CT molecular complexity index is 786. The fourth-order valence-electron chi connectivity index (χ4n) is 2.05. The molecule has 2 aromatic rings. The maximum atomic E-state index is 12.8. The number of nitrogens with one attached hydrogen (secondary N) is 2. The summed E-state index contributed by atoms with van der Waals surface area (Å²) in [6.07, 6.45) is -11.4. The Kier molecular flexibility index (Phi) is 4.58. The van der Waals surface area contributed by atoms with Gasteiger partial charge < -0.3 is 10.6 Å². The van der Waals surface area contributed by atoms with Crippen LogP contribution in [0.15, 0.2) is 30.3 Å². The van der Waals surface area contributed by atoms with Gasteiger partial charge in [0.25, 0.3) is 0 Å². The van der Waals surface area contributed by atoms with Gasteiger partial charge in [-0.2, -0.15) is 26.3 Å². The number of urea groups is 1. The third-order valence-corrected chi connectivity index (χ3v) is 3.62. The van der Waals surface area contributed by atoms with Gasteiger partial charge in [0.2, 0.25) is 5.54 Å². The van der Waals surface area contributed by atoms with Gasteiger partial charge in [0, 0.05) is 11.1 Å². The van der Waals surface area contributed by atoms with Crippen molar-refractivity contribution < 1.29 is 31.1 Å². The molecule has 0 saturated carbocycles. The summed E-state index contributed by atoms with van der Waals surface area (Å²) < 4.78 is 76.9. The lowest BCUT2D eigenvalue weighted by molar-refractivity contribution is -0.297. The van der Waals surface area contributed by atoms with Crippen LogP contribution in [-0.2, 0) is 0 Å². The van der Waals surface area contributed by atoms with Crippen LogP contribution in [0.2, 0.25) is 0 Å². The smallest absolute Gasteiger partial charge is 0.316 e. The topological polar surface area (TPSA) is 54.0 Å². The molecule has 0 unspecified atom stereocenters. The number of hydrogen-bond acceptors (Lipinski definition) is 2. The highest BCUT2D eigenvalue weighted by atomic mass is 19.4. The van der Waals surface area contributed by atoms with Gasteiger partial charge >= 0.3 is 18.4 Å². The lowest BCUT2D eigenvalue weighted by Gasteiger charge is -2.34. The standard InChI is InChI=1S/C15H13F6N3O/c1-8-6-7-9-10(22-8)4-3-5-11(9)23-12(25)24-13(2,14(16,17)18)15(19,20)21/h3-7H,1-2H3,(H2,23,24,25). The Morgan fingerprint density at radius 1 is 1.00 bits per heavy atom. The van der Waals surface area contributed by atoms with E-state index in [9.17, 15) is 31.1 Å². The van der Waals surface area contributed by atoms with Crippen LogP contribution in [-0.4, -0.2) is 28.9 Å². The highest BCUT2D eigenvalue weighted by Gasteiger charge is 2.68. The molecule has 0 bridgehead atoms. The molecular weight excluding hydrogens is 352 g/mol. The van der Waals surface area contributed by atoms with E-state index in [0.717, 1.165) is 5.32 Å². The summed E-state index contributed by atoms with van der Waals surface area (Å²) in [5.41, 5.74) is -3.25. The van der Waals surface area contributed by atoms with Gasteiger partial charge in [0.1, 0.15) is 0 Å². The summed E-state index contributed by atoms with van der Waals surface area (Å²) in [7, 11) is 0. The quantitative estimate of drug-likeness (QED) is 0.768. The zero-order chi connectivity index (χ0) is 19.0. The van der Waals surface area contributed by atoms with E-state index in [1.54, 1.807) is 25.1 Å². The summed E-state index contributed by atoms with van der Waals surface area (Å²) in [5.74, 6) is 0. The van der Waals surface area contributed by atoms with Crippen molar-refractivity contribution >= 4 is 22.6 Å². The number of anilines is 1. The molecule has 0 spiro atoms. The van der Waals surface area contributed by atoms with Crippen molar-refractivity contribution in [2.45, 2.75) is 31.7 Å². The molecule has 10 heteroatoms. The molecule has 4 nitrogen and oxygen atoms in total. The van der Waals surface area contributed by atoms with Gasteiger partial charge in [-0.1, -0.05) is 6.07 Å². The number of carbonyl (C=O) groups is 1. The van der Waals surface area contributed by atoms with Crippen molar-refractivity contribution in [3.8, 4) is 0 Å². The third kappa shape index (κ3) is 3.62. The maximum Gasteiger partial charge on any atom is 0.420 e. The number of hydrogen-bond donors (Lipinski definition) is 2. The minimum atomic E-state index is -5.72. The number of pyridine rings is 1. The molecule has 0 aliphatic heterocycles. The second-order valence-electron chi connectivity index (χ2n) is 5.52.